The number of phenolic OH excluding ortho intramolecular Hbond substituents is 2. The molecule has 3 N–H and O–H groups in total. The second-order valence-corrected chi connectivity index (χ2v) is 2.81. The molecule has 0 amide bonds. The quantitative estimate of drug-likeness (QED) is 0.649. The summed E-state index contributed by atoms with van der Waals surface area (Å²) in [6.07, 6.45) is -2.42. The van der Waals surface area contributed by atoms with Gasteiger partial charge in [0, 0.05) is 12.1 Å². The zero-order chi connectivity index (χ0) is 10.6. The Balaban J connectivity index is 2.54. The molecule has 0 bridgehead atoms. The monoisotopic (exact) mass is 203 g/mol. The second-order valence-electron chi connectivity index (χ2n) is 2.81. The first-order chi connectivity index (χ1) is 6.61. The Hall–Kier alpha value is -1.36. The average Bonchev–Trinajstić information content (AvgIpc) is 2.12. The number of halogens is 2. The van der Waals surface area contributed by atoms with E-state index in [2.05, 4.69) is 5.32 Å². The number of hydrogen-bond donors (Lipinski definition) is 3. The van der Waals surface area contributed by atoms with Gasteiger partial charge in [0.1, 0.15) is 0 Å². The van der Waals surface area contributed by atoms with E-state index in [0.717, 1.165) is 0 Å². The van der Waals surface area contributed by atoms with Gasteiger partial charge in [-0.2, -0.15) is 0 Å². The molecule has 0 atom stereocenters. The molecule has 0 spiro atoms. The van der Waals surface area contributed by atoms with Gasteiger partial charge in [0.15, 0.2) is 11.5 Å². The van der Waals surface area contributed by atoms with E-state index in [4.69, 9.17) is 5.11 Å². The van der Waals surface area contributed by atoms with Gasteiger partial charge in [0.05, 0.1) is 6.54 Å². The standard InChI is InChI=1S/C9H11F2NO2/c10-8(11)5-12-4-6-2-1-3-7(13)9(6)14/h1-3,8,12-14H,4-5H2. The van der Waals surface area contributed by atoms with Gasteiger partial charge < -0.3 is 15.5 Å². The number of para-hydroxylation sites is 1. The van der Waals surface area contributed by atoms with Crippen LogP contribution in [-0.2, 0) is 6.54 Å². The Morgan fingerprint density at radius 2 is 2.00 bits per heavy atom. The first-order valence-corrected chi connectivity index (χ1v) is 4.10. The molecule has 0 radical (unpaired) electrons. The Labute approximate surface area is 80.0 Å². The van der Waals surface area contributed by atoms with Crippen molar-refractivity contribution in [3.8, 4) is 11.5 Å². The van der Waals surface area contributed by atoms with Crippen molar-refractivity contribution in [2.24, 2.45) is 0 Å². The Kier molecular flexibility index (Phi) is 3.64. The van der Waals surface area contributed by atoms with E-state index in [0.29, 0.717) is 5.56 Å². The molecule has 0 unspecified atom stereocenters. The number of benzene rings is 1. The summed E-state index contributed by atoms with van der Waals surface area (Å²) in [5.74, 6) is -0.518. The van der Waals surface area contributed by atoms with Crippen molar-refractivity contribution in [1.82, 2.24) is 5.32 Å². The molecule has 1 aromatic rings. The molecular formula is C9H11F2NO2. The highest BCUT2D eigenvalue weighted by molar-refractivity contribution is 5.44. The average molecular weight is 203 g/mol. The molecule has 5 heteroatoms. The van der Waals surface area contributed by atoms with E-state index >= 15 is 0 Å². The van der Waals surface area contributed by atoms with E-state index < -0.39 is 13.0 Å². The summed E-state index contributed by atoms with van der Waals surface area (Å²) in [5, 5.41) is 20.8. The predicted octanol–water partition coefficient (Wildman–Crippen LogP) is 1.45. The van der Waals surface area contributed by atoms with Crippen LogP contribution >= 0.6 is 0 Å². The van der Waals surface area contributed by atoms with Crippen LogP contribution in [0.3, 0.4) is 0 Å². The largest absolute Gasteiger partial charge is 0.504 e. The summed E-state index contributed by atoms with van der Waals surface area (Å²) in [6, 6.07) is 4.41. The van der Waals surface area contributed by atoms with Crippen LogP contribution in [0.1, 0.15) is 5.56 Å². The first kappa shape index (κ1) is 10.7. The normalized spacial score (nSPS) is 10.8. The third-order valence-electron chi connectivity index (χ3n) is 1.71. The summed E-state index contributed by atoms with van der Waals surface area (Å²) in [6.45, 7) is -0.334. The van der Waals surface area contributed by atoms with Crippen LogP contribution in [0.5, 0.6) is 11.5 Å². The topological polar surface area (TPSA) is 52.5 Å². The fourth-order valence-electron chi connectivity index (χ4n) is 1.04. The fraction of sp³-hybridized carbons (Fsp3) is 0.333. The van der Waals surface area contributed by atoms with Crippen molar-refractivity contribution in [3.63, 3.8) is 0 Å². The fourth-order valence-corrected chi connectivity index (χ4v) is 1.04. The van der Waals surface area contributed by atoms with E-state index in [-0.39, 0.29) is 18.0 Å². The minimum absolute atomic E-state index is 0.102. The van der Waals surface area contributed by atoms with Gasteiger partial charge in [-0.15, -0.1) is 0 Å². The molecule has 0 aliphatic rings. The molecule has 0 aromatic heterocycles. The summed E-state index contributed by atoms with van der Waals surface area (Å²) in [5.41, 5.74) is 0.394. The predicted molar refractivity (Wildman–Crippen MR) is 47.5 cm³/mol. The smallest absolute Gasteiger partial charge is 0.250 e. The number of phenols is 2. The molecule has 78 valence electrons. The third kappa shape index (κ3) is 2.85. The Morgan fingerprint density at radius 3 is 2.64 bits per heavy atom. The second kappa shape index (κ2) is 4.76. The maximum atomic E-state index is 11.7. The molecule has 3 nitrogen and oxygen atoms in total. The maximum absolute atomic E-state index is 11.7. The van der Waals surface area contributed by atoms with E-state index in [1.54, 1.807) is 6.07 Å². The SMILES string of the molecule is Oc1cccc(CNCC(F)F)c1O. The van der Waals surface area contributed by atoms with Crippen LogP contribution in [-0.4, -0.2) is 23.2 Å². The number of aromatic hydroxyl groups is 2. The number of nitrogens with one attached hydrogen (secondary N) is 1. The lowest BCUT2D eigenvalue weighted by atomic mass is 10.2. The van der Waals surface area contributed by atoms with Crippen LogP contribution in [0.4, 0.5) is 8.78 Å². The lowest BCUT2D eigenvalue weighted by Gasteiger charge is -2.07. The van der Waals surface area contributed by atoms with Crippen LogP contribution in [0.15, 0.2) is 18.2 Å². The molecule has 1 aromatic carbocycles. The molecule has 0 aliphatic carbocycles. The van der Waals surface area contributed by atoms with Crippen LogP contribution < -0.4 is 5.32 Å². The molecular weight excluding hydrogens is 192 g/mol. The van der Waals surface area contributed by atoms with Crippen LogP contribution in [0, 0.1) is 0 Å². The molecule has 0 aliphatic heterocycles. The summed E-state index contributed by atoms with van der Waals surface area (Å²) in [4.78, 5) is 0. The summed E-state index contributed by atoms with van der Waals surface area (Å²) in [7, 11) is 0. The summed E-state index contributed by atoms with van der Waals surface area (Å²) >= 11 is 0. The molecule has 0 saturated heterocycles. The van der Waals surface area contributed by atoms with E-state index in [9.17, 15) is 13.9 Å². The zero-order valence-electron chi connectivity index (χ0n) is 7.37. The lowest BCUT2D eigenvalue weighted by Crippen LogP contribution is -2.20. The maximum Gasteiger partial charge on any atom is 0.250 e. The van der Waals surface area contributed by atoms with E-state index in [1.807, 2.05) is 0 Å². The molecule has 0 saturated carbocycles. The molecule has 0 fully saturated rings. The lowest BCUT2D eigenvalue weighted by molar-refractivity contribution is 0.145. The highest BCUT2D eigenvalue weighted by atomic mass is 19.3. The Bertz CT molecular complexity index is 305. The van der Waals surface area contributed by atoms with Crippen LogP contribution in [0.25, 0.3) is 0 Å². The van der Waals surface area contributed by atoms with Crippen molar-refractivity contribution in [1.29, 1.82) is 0 Å². The van der Waals surface area contributed by atoms with Crippen molar-refractivity contribution < 1.29 is 19.0 Å². The van der Waals surface area contributed by atoms with Crippen molar-refractivity contribution >= 4 is 0 Å². The molecule has 1 rings (SSSR count). The highest BCUT2D eigenvalue weighted by Crippen LogP contribution is 2.27. The van der Waals surface area contributed by atoms with Gasteiger partial charge in [-0.25, -0.2) is 8.78 Å². The summed E-state index contributed by atoms with van der Waals surface area (Å²) < 4.78 is 23.5. The number of alkyl halides is 2. The van der Waals surface area contributed by atoms with Gasteiger partial charge in [0.25, 0.3) is 6.43 Å². The highest BCUT2D eigenvalue weighted by Gasteiger charge is 2.06. The van der Waals surface area contributed by atoms with Crippen molar-refractivity contribution in [3.05, 3.63) is 23.8 Å². The molecule has 0 heterocycles. The van der Waals surface area contributed by atoms with Gasteiger partial charge in [-0.05, 0) is 6.07 Å². The van der Waals surface area contributed by atoms with Gasteiger partial charge in [-0.1, -0.05) is 12.1 Å². The number of rotatable bonds is 4. The molecule has 14 heavy (non-hydrogen) atoms. The first-order valence-electron chi connectivity index (χ1n) is 4.10. The van der Waals surface area contributed by atoms with Crippen molar-refractivity contribution in [2.45, 2.75) is 13.0 Å². The van der Waals surface area contributed by atoms with Crippen LogP contribution in [0.2, 0.25) is 0 Å². The zero-order valence-corrected chi connectivity index (χ0v) is 7.37. The third-order valence-corrected chi connectivity index (χ3v) is 1.71. The van der Waals surface area contributed by atoms with E-state index in [1.165, 1.54) is 12.1 Å². The van der Waals surface area contributed by atoms with Crippen molar-refractivity contribution in [2.75, 3.05) is 6.54 Å². The minimum atomic E-state index is -2.42. The Morgan fingerprint density at radius 1 is 1.29 bits per heavy atom. The van der Waals surface area contributed by atoms with Gasteiger partial charge >= 0.3 is 0 Å². The van der Waals surface area contributed by atoms with Gasteiger partial charge in [-0.3, -0.25) is 0 Å². The number of hydrogen-bond acceptors (Lipinski definition) is 3. The van der Waals surface area contributed by atoms with Gasteiger partial charge in [0.2, 0.25) is 0 Å². The minimum Gasteiger partial charge on any atom is -0.504 e.